The van der Waals surface area contributed by atoms with Crippen molar-refractivity contribution >= 4 is 17.7 Å². The Morgan fingerprint density at radius 2 is 1.96 bits per heavy atom. The van der Waals surface area contributed by atoms with E-state index in [0.29, 0.717) is 11.1 Å². The maximum Gasteiger partial charge on any atom is 0.233 e. The number of carbonyl (C=O) groups is 1. The van der Waals surface area contributed by atoms with Gasteiger partial charge in [-0.3, -0.25) is 4.79 Å². The highest BCUT2D eigenvalue weighted by Gasteiger charge is 2.21. The number of amides is 1. The molecule has 0 unspecified atom stereocenters. The number of carbonyl (C=O) groups excluding carboxylic acids is 1. The number of aryl methyl sites for hydroxylation is 2. The van der Waals surface area contributed by atoms with E-state index < -0.39 is 0 Å². The molecule has 0 radical (unpaired) electrons. The summed E-state index contributed by atoms with van der Waals surface area (Å²) in [6.07, 6.45) is 6.36. The number of nitrogens with one attached hydrogen (secondary N) is 1. The molecular weight excluding hydrogens is 346 g/mol. The van der Waals surface area contributed by atoms with Gasteiger partial charge in [0.2, 0.25) is 11.1 Å². The van der Waals surface area contributed by atoms with Gasteiger partial charge in [0, 0.05) is 6.54 Å². The Bertz CT molecular complexity index is 734. The van der Waals surface area contributed by atoms with E-state index in [4.69, 9.17) is 0 Å². The SMILES string of the molecule is Cc1cccc(C)c1-n1nnnc1S[C@H](C)C(=O)NCC1CCCCC1. The van der Waals surface area contributed by atoms with E-state index in [0.717, 1.165) is 23.4 Å². The first kappa shape index (κ1) is 18.9. The maximum atomic E-state index is 12.5. The summed E-state index contributed by atoms with van der Waals surface area (Å²) < 4.78 is 1.74. The van der Waals surface area contributed by atoms with Gasteiger partial charge in [-0.1, -0.05) is 49.2 Å². The topological polar surface area (TPSA) is 72.7 Å². The average molecular weight is 374 g/mol. The minimum Gasteiger partial charge on any atom is -0.355 e. The van der Waals surface area contributed by atoms with E-state index in [9.17, 15) is 4.79 Å². The largest absolute Gasteiger partial charge is 0.355 e. The fraction of sp³-hybridized carbons (Fsp3) is 0.579. The normalized spacial score (nSPS) is 16.4. The van der Waals surface area contributed by atoms with Gasteiger partial charge >= 0.3 is 0 Å². The zero-order valence-electron chi connectivity index (χ0n) is 15.7. The molecule has 1 aromatic heterocycles. The third-order valence-corrected chi connectivity index (χ3v) is 6.07. The summed E-state index contributed by atoms with van der Waals surface area (Å²) in [6, 6.07) is 6.10. The highest BCUT2D eigenvalue weighted by atomic mass is 32.2. The Morgan fingerprint density at radius 3 is 2.65 bits per heavy atom. The van der Waals surface area contributed by atoms with Gasteiger partial charge in [0.1, 0.15) is 0 Å². The van der Waals surface area contributed by atoms with Crippen molar-refractivity contribution in [1.82, 2.24) is 25.5 Å². The minimum atomic E-state index is -0.243. The average Bonchev–Trinajstić information content (AvgIpc) is 3.08. The Kier molecular flexibility index (Phi) is 6.29. The highest BCUT2D eigenvalue weighted by molar-refractivity contribution is 8.00. The van der Waals surface area contributed by atoms with Gasteiger partial charge in [0.25, 0.3) is 0 Å². The van der Waals surface area contributed by atoms with Crippen molar-refractivity contribution in [3.05, 3.63) is 29.3 Å². The van der Waals surface area contributed by atoms with Crippen LogP contribution in [0.25, 0.3) is 5.69 Å². The summed E-state index contributed by atoms with van der Waals surface area (Å²) in [7, 11) is 0. The van der Waals surface area contributed by atoms with Gasteiger partial charge in [-0.15, -0.1) is 5.10 Å². The van der Waals surface area contributed by atoms with Crippen LogP contribution in [0.15, 0.2) is 23.4 Å². The Balaban J connectivity index is 1.64. The molecule has 7 heteroatoms. The number of tetrazole rings is 1. The van der Waals surface area contributed by atoms with Crippen molar-refractivity contribution < 1.29 is 4.79 Å². The molecule has 0 aliphatic heterocycles. The van der Waals surface area contributed by atoms with Crippen LogP contribution in [0.4, 0.5) is 0 Å². The molecule has 1 fully saturated rings. The molecule has 1 atom stereocenters. The van der Waals surface area contributed by atoms with Crippen LogP contribution in [0.5, 0.6) is 0 Å². The van der Waals surface area contributed by atoms with Crippen molar-refractivity contribution in [2.24, 2.45) is 5.92 Å². The second-order valence-electron chi connectivity index (χ2n) is 7.12. The molecule has 0 bridgehead atoms. The van der Waals surface area contributed by atoms with Gasteiger partial charge in [0.15, 0.2) is 0 Å². The number of aromatic nitrogens is 4. The van der Waals surface area contributed by atoms with E-state index in [1.165, 1.54) is 43.9 Å². The first-order chi connectivity index (χ1) is 12.6. The number of nitrogens with zero attached hydrogens (tertiary/aromatic N) is 4. The van der Waals surface area contributed by atoms with E-state index in [1.54, 1.807) is 4.68 Å². The number of thioether (sulfide) groups is 1. The summed E-state index contributed by atoms with van der Waals surface area (Å²) in [6.45, 7) is 6.77. The lowest BCUT2D eigenvalue weighted by Gasteiger charge is -2.22. The third kappa shape index (κ3) is 4.44. The predicted molar refractivity (Wildman–Crippen MR) is 104 cm³/mol. The van der Waals surface area contributed by atoms with Crippen LogP contribution in [-0.2, 0) is 4.79 Å². The molecule has 3 rings (SSSR count). The zero-order valence-corrected chi connectivity index (χ0v) is 16.6. The van der Waals surface area contributed by atoms with Crippen LogP contribution in [0.2, 0.25) is 0 Å². The maximum absolute atomic E-state index is 12.5. The van der Waals surface area contributed by atoms with Gasteiger partial charge in [-0.05, 0) is 61.1 Å². The molecule has 6 nitrogen and oxygen atoms in total. The Hall–Kier alpha value is -1.89. The fourth-order valence-corrected chi connectivity index (χ4v) is 4.34. The summed E-state index contributed by atoms with van der Waals surface area (Å²) in [5.41, 5.74) is 3.19. The summed E-state index contributed by atoms with van der Waals surface area (Å²) in [4.78, 5) is 12.5. The van der Waals surface area contributed by atoms with Crippen molar-refractivity contribution in [1.29, 1.82) is 0 Å². The number of hydrogen-bond acceptors (Lipinski definition) is 5. The van der Waals surface area contributed by atoms with Crippen molar-refractivity contribution in [2.75, 3.05) is 6.54 Å². The molecular formula is C19H27N5OS. The summed E-state index contributed by atoms with van der Waals surface area (Å²) >= 11 is 1.40. The quantitative estimate of drug-likeness (QED) is 0.785. The second kappa shape index (κ2) is 8.66. The molecule has 1 heterocycles. The Morgan fingerprint density at radius 1 is 1.27 bits per heavy atom. The van der Waals surface area contributed by atoms with Gasteiger partial charge < -0.3 is 5.32 Å². The van der Waals surface area contributed by atoms with Crippen LogP contribution in [-0.4, -0.2) is 37.9 Å². The first-order valence-electron chi connectivity index (χ1n) is 9.35. The third-order valence-electron chi connectivity index (χ3n) is 5.03. The molecule has 1 saturated carbocycles. The molecule has 1 N–H and O–H groups in total. The molecule has 1 amide bonds. The number of hydrogen-bond donors (Lipinski definition) is 1. The number of para-hydroxylation sites is 1. The molecule has 2 aromatic rings. The molecule has 26 heavy (non-hydrogen) atoms. The molecule has 0 spiro atoms. The predicted octanol–water partition coefficient (Wildman–Crippen LogP) is 3.46. The number of rotatable bonds is 6. The van der Waals surface area contributed by atoms with Crippen molar-refractivity contribution in [2.45, 2.75) is 63.3 Å². The van der Waals surface area contributed by atoms with E-state index in [-0.39, 0.29) is 11.2 Å². The first-order valence-corrected chi connectivity index (χ1v) is 10.2. The van der Waals surface area contributed by atoms with Crippen molar-refractivity contribution in [3.8, 4) is 5.69 Å². The van der Waals surface area contributed by atoms with Crippen LogP contribution in [0.3, 0.4) is 0 Å². The number of benzene rings is 1. The monoisotopic (exact) mass is 373 g/mol. The minimum absolute atomic E-state index is 0.0524. The van der Waals surface area contributed by atoms with Crippen LogP contribution in [0.1, 0.15) is 50.2 Å². The molecule has 1 aliphatic carbocycles. The van der Waals surface area contributed by atoms with E-state index >= 15 is 0 Å². The summed E-state index contributed by atoms with van der Waals surface area (Å²) in [5, 5.41) is 15.6. The van der Waals surface area contributed by atoms with E-state index in [1.807, 2.05) is 39.0 Å². The molecule has 140 valence electrons. The Labute approximate surface area is 159 Å². The standard InChI is InChI=1S/C19H27N5OS/c1-13-8-7-9-14(2)17(13)24-19(21-22-23-24)26-15(3)18(25)20-12-16-10-5-4-6-11-16/h7-9,15-16H,4-6,10-12H2,1-3H3,(H,20,25)/t15-/m1/s1. The van der Waals surface area contributed by atoms with Gasteiger partial charge in [-0.25, -0.2) is 0 Å². The smallest absolute Gasteiger partial charge is 0.233 e. The molecule has 1 aliphatic rings. The second-order valence-corrected chi connectivity index (χ2v) is 8.43. The fourth-order valence-electron chi connectivity index (χ4n) is 3.52. The van der Waals surface area contributed by atoms with Crippen molar-refractivity contribution in [3.63, 3.8) is 0 Å². The van der Waals surface area contributed by atoms with E-state index in [2.05, 4.69) is 20.8 Å². The molecule has 1 aromatic carbocycles. The van der Waals surface area contributed by atoms with Gasteiger partial charge in [0.05, 0.1) is 10.9 Å². The lowest BCUT2D eigenvalue weighted by Crippen LogP contribution is -2.35. The lowest BCUT2D eigenvalue weighted by atomic mass is 9.89. The van der Waals surface area contributed by atoms with Crippen LogP contribution >= 0.6 is 11.8 Å². The van der Waals surface area contributed by atoms with Crippen LogP contribution in [0, 0.1) is 19.8 Å². The lowest BCUT2D eigenvalue weighted by molar-refractivity contribution is -0.120. The summed E-state index contributed by atoms with van der Waals surface area (Å²) in [5.74, 6) is 0.682. The molecule has 0 saturated heterocycles. The van der Waals surface area contributed by atoms with Gasteiger partial charge in [-0.2, -0.15) is 4.68 Å². The highest BCUT2D eigenvalue weighted by Crippen LogP contribution is 2.27. The van der Waals surface area contributed by atoms with Crippen LogP contribution < -0.4 is 5.32 Å². The zero-order chi connectivity index (χ0) is 18.5.